The summed E-state index contributed by atoms with van der Waals surface area (Å²) >= 11 is 0. The molecule has 0 radical (unpaired) electrons. The van der Waals surface area contributed by atoms with E-state index in [4.69, 9.17) is 9.47 Å². The normalized spacial score (nSPS) is 11.1. The van der Waals surface area contributed by atoms with Crippen LogP contribution in [0.25, 0.3) is 0 Å². The summed E-state index contributed by atoms with van der Waals surface area (Å²) in [6, 6.07) is 16.0. The molecule has 27 heavy (non-hydrogen) atoms. The lowest BCUT2D eigenvalue weighted by molar-refractivity contribution is -0.121. The first-order valence-electron chi connectivity index (χ1n) is 9.54. The Morgan fingerprint density at radius 1 is 0.889 bits per heavy atom. The molecule has 0 aliphatic rings. The highest BCUT2D eigenvalue weighted by molar-refractivity contribution is 5.75. The van der Waals surface area contributed by atoms with E-state index in [2.05, 4.69) is 38.2 Å². The zero-order valence-electron chi connectivity index (χ0n) is 16.9. The van der Waals surface area contributed by atoms with Crippen LogP contribution in [0, 0.1) is 6.92 Å². The van der Waals surface area contributed by atoms with Crippen molar-refractivity contribution in [1.29, 1.82) is 0 Å². The van der Waals surface area contributed by atoms with E-state index in [0.29, 0.717) is 32.6 Å². The molecule has 0 bridgehead atoms. The number of hydrogen-bond donors (Lipinski definition) is 1. The van der Waals surface area contributed by atoms with Crippen LogP contribution in [0.1, 0.15) is 44.7 Å². The molecule has 2 aromatic rings. The van der Waals surface area contributed by atoms with E-state index < -0.39 is 0 Å². The Morgan fingerprint density at radius 2 is 1.44 bits per heavy atom. The summed E-state index contributed by atoms with van der Waals surface area (Å²) in [5.41, 5.74) is 2.62. The third-order valence-electron chi connectivity index (χ3n) is 4.25. The quantitative estimate of drug-likeness (QED) is 0.655. The largest absolute Gasteiger partial charge is 0.494 e. The van der Waals surface area contributed by atoms with Gasteiger partial charge in [0.05, 0.1) is 13.2 Å². The fraction of sp³-hybridized carbons (Fsp3) is 0.435. The second-order valence-corrected chi connectivity index (χ2v) is 7.74. The van der Waals surface area contributed by atoms with Crippen molar-refractivity contribution in [2.75, 3.05) is 19.8 Å². The number of nitrogens with one attached hydrogen (secondary N) is 1. The molecule has 0 saturated carbocycles. The molecule has 0 aliphatic heterocycles. The zero-order valence-corrected chi connectivity index (χ0v) is 16.9. The molecular formula is C23H31NO3. The van der Waals surface area contributed by atoms with Gasteiger partial charge in [-0.3, -0.25) is 4.79 Å². The van der Waals surface area contributed by atoms with Gasteiger partial charge >= 0.3 is 0 Å². The van der Waals surface area contributed by atoms with Crippen LogP contribution in [0.15, 0.2) is 48.5 Å². The number of carbonyl (C=O) groups is 1. The lowest BCUT2D eigenvalue weighted by Gasteiger charge is -2.19. The third-order valence-corrected chi connectivity index (χ3v) is 4.25. The minimum Gasteiger partial charge on any atom is -0.494 e. The van der Waals surface area contributed by atoms with Crippen molar-refractivity contribution in [2.24, 2.45) is 0 Å². The molecule has 0 saturated heterocycles. The van der Waals surface area contributed by atoms with Crippen LogP contribution in [0.5, 0.6) is 11.5 Å². The molecule has 0 unspecified atom stereocenters. The van der Waals surface area contributed by atoms with E-state index in [9.17, 15) is 4.79 Å². The highest BCUT2D eigenvalue weighted by Gasteiger charge is 2.12. The minimum absolute atomic E-state index is 0.0224. The molecule has 0 aliphatic carbocycles. The smallest absolute Gasteiger partial charge is 0.220 e. The molecule has 4 heteroatoms. The second-order valence-electron chi connectivity index (χ2n) is 7.74. The fourth-order valence-corrected chi connectivity index (χ4v) is 2.56. The molecule has 2 rings (SSSR count). The van der Waals surface area contributed by atoms with Crippen LogP contribution in [0.4, 0.5) is 0 Å². The van der Waals surface area contributed by atoms with Crippen LogP contribution in [-0.2, 0) is 10.2 Å². The number of benzene rings is 2. The number of rotatable bonds is 9. The Balaban J connectivity index is 1.56. The monoisotopic (exact) mass is 369 g/mol. The number of amides is 1. The van der Waals surface area contributed by atoms with Gasteiger partial charge in [-0.25, -0.2) is 0 Å². The lowest BCUT2D eigenvalue weighted by atomic mass is 9.87. The SMILES string of the molecule is Cc1ccc(OCCNC(=O)CCCOc2ccc(C(C)(C)C)cc2)cc1. The van der Waals surface area contributed by atoms with Crippen LogP contribution in [-0.4, -0.2) is 25.7 Å². The molecular weight excluding hydrogens is 338 g/mol. The van der Waals surface area contributed by atoms with Crippen LogP contribution in [0.2, 0.25) is 0 Å². The Labute approximate surface area is 162 Å². The molecule has 4 nitrogen and oxygen atoms in total. The summed E-state index contributed by atoms with van der Waals surface area (Å²) in [6.07, 6.45) is 1.14. The first-order chi connectivity index (χ1) is 12.8. The van der Waals surface area contributed by atoms with Crippen LogP contribution in [0.3, 0.4) is 0 Å². The molecule has 0 fully saturated rings. The van der Waals surface area contributed by atoms with Gasteiger partial charge in [0.1, 0.15) is 18.1 Å². The van der Waals surface area contributed by atoms with Gasteiger partial charge in [0.25, 0.3) is 0 Å². The summed E-state index contributed by atoms with van der Waals surface area (Å²) in [5.74, 6) is 1.69. The Bertz CT molecular complexity index is 700. The first-order valence-corrected chi connectivity index (χ1v) is 9.54. The number of ether oxygens (including phenoxy) is 2. The average molecular weight is 370 g/mol. The predicted molar refractivity (Wildman–Crippen MR) is 110 cm³/mol. The van der Waals surface area contributed by atoms with Crippen molar-refractivity contribution in [3.63, 3.8) is 0 Å². The van der Waals surface area contributed by atoms with E-state index in [1.54, 1.807) is 0 Å². The van der Waals surface area contributed by atoms with E-state index in [0.717, 1.165) is 11.5 Å². The summed E-state index contributed by atoms with van der Waals surface area (Å²) in [6.45, 7) is 10.1. The molecule has 146 valence electrons. The predicted octanol–water partition coefficient (Wildman–Crippen LogP) is 4.65. The van der Waals surface area contributed by atoms with Gasteiger partial charge in [-0.05, 0) is 48.6 Å². The number of carbonyl (C=O) groups excluding carboxylic acids is 1. The van der Waals surface area contributed by atoms with E-state index >= 15 is 0 Å². The summed E-state index contributed by atoms with van der Waals surface area (Å²) < 4.78 is 11.3. The maximum Gasteiger partial charge on any atom is 0.220 e. The molecule has 2 aromatic carbocycles. The van der Waals surface area contributed by atoms with Crippen molar-refractivity contribution in [3.05, 3.63) is 59.7 Å². The van der Waals surface area contributed by atoms with Crippen molar-refractivity contribution in [2.45, 2.75) is 46.0 Å². The summed E-state index contributed by atoms with van der Waals surface area (Å²) in [7, 11) is 0. The minimum atomic E-state index is 0.0224. The molecule has 1 N–H and O–H groups in total. The van der Waals surface area contributed by atoms with E-state index in [1.807, 2.05) is 43.3 Å². The summed E-state index contributed by atoms with van der Waals surface area (Å²) in [5, 5.41) is 2.87. The Hall–Kier alpha value is -2.49. The van der Waals surface area contributed by atoms with Gasteiger partial charge < -0.3 is 14.8 Å². The molecule has 0 heterocycles. The number of hydrogen-bond acceptors (Lipinski definition) is 3. The standard InChI is InChI=1S/C23H31NO3/c1-18-7-11-20(12-8-18)27-17-15-24-22(25)6-5-16-26-21-13-9-19(10-14-21)23(2,3)4/h7-14H,5-6,15-17H2,1-4H3,(H,24,25). The highest BCUT2D eigenvalue weighted by Crippen LogP contribution is 2.24. The second kappa shape index (κ2) is 10.0. The topological polar surface area (TPSA) is 47.6 Å². The molecule has 0 aromatic heterocycles. The van der Waals surface area contributed by atoms with Crippen LogP contribution >= 0.6 is 0 Å². The maximum atomic E-state index is 11.8. The third kappa shape index (κ3) is 7.73. The van der Waals surface area contributed by atoms with Gasteiger partial charge in [0.2, 0.25) is 5.91 Å². The maximum absolute atomic E-state index is 11.8. The zero-order chi connectivity index (χ0) is 19.7. The van der Waals surface area contributed by atoms with E-state index in [-0.39, 0.29) is 11.3 Å². The van der Waals surface area contributed by atoms with Crippen molar-refractivity contribution in [1.82, 2.24) is 5.32 Å². The van der Waals surface area contributed by atoms with Gasteiger partial charge in [0, 0.05) is 6.42 Å². The Morgan fingerprint density at radius 3 is 2.04 bits per heavy atom. The van der Waals surface area contributed by atoms with Gasteiger partial charge in [-0.15, -0.1) is 0 Å². The van der Waals surface area contributed by atoms with Crippen LogP contribution < -0.4 is 14.8 Å². The van der Waals surface area contributed by atoms with Crippen molar-refractivity contribution < 1.29 is 14.3 Å². The lowest BCUT2D eigenvalue weighted by Crippen LogP contribution is -2.28. The average Bonchev–Trinajstić information content (AvgIpc) is 2.63. The molecule has 0 atom stereocenters. The molecule has 1 amide bonds. The first kappa shape index (κ1) is 20.8. The Kier molecular flexibility index (Phi) is 7.71. The van der Waals surface area contributed by atoms with Gasteiger partial charge in [0.15, 0.2) is 0 Å². The van der Waals surface area contributed by atoms with Crippen molar-refractivity contribution in [3.8, 4) is 11.5 Å². The number of aryl methyl sites for hydroxylation is 1. The molecule has 0 spiro atoms. The summed E-state index contributed by atoms with van der Waals surface area (Å²) in [4.78, 5) is 11.8. The highest BCUT2D eigenvalue weighted by atomic mass is 16.5. The van der Waals surface area contributed by atoms with Gasteiger partial charge in [-0.1, -0.05) is 50.6 Å². The fourth-order valence-electron chi connectivity index (χ4n) is 2.56. The van der Waals surface area contributed by atoms with E-state index in [1.165, 1.54) is 11.1 Å². The van der Waals surface area contributed by atoms with Gasteiger partial charge in [-0.2, -0.15) is 0 Å². The van der Waals surface area contributed by atoms with Crippen molar-refractivity contribution >= 4 is 5.91 Å².